The third kappa shape index (κ3) is 4.41. The van der Waals surface area contributed by atoms with Crippen LogP contribution in [-0.2, 0) is 22.6 Å². The van der Waals surface area contributed by atoms with Crippen LogP contribution in [0.3, 0.4) is 0 Å². The Morgan fingerprint density at radius 1 is 1.23 bits per heavy atom. The van der Waals surface area contributed by atoms with Crippen LogP contribution in [0.5, 0.6) is 0 Å². The third-order valence-corrected chi connectivity index (χ3v) is 4.88. The molecule has 1 N–H and O–H groups in total. The van der Waals surface area contributed by atoms with Crippen molar-refractivity contribution in [2.45, 2.75) is 44.9 Å². The SMILES string of the molecule is CN(Cc1ccccc1)c1ncccc1CNC(=O)[C@@]1(C)CCCCO1. The van der Waals surface area contributed by atoms with Crippen LogP contribution in [0.15, 0.2) is 48.7 Å². The zero-order valence-electron chi connectivity index (χ0n) is 15.6. The Kier molecular flexibility index (Phi) is 5.89. The van der Waals surface area contributed by atoms with Crippen LogP contribution >= 0.6 is 0 Å². The predicted molar refractivity (Wildman–Crippen MR) is 103 cm³/mol. The molecule has 1 amide bonds. The standard InChI is InChI=1S/C21H27N3O2/c1-21(12-6-7-14-26-21)20(25)23-15-18-11-8-13-22-19(18)24(2)16-17-9-4-3-5-10-17/h3-5,8-11,13H,6-7,12,14-16H2,1-2H3,(H,23,25)/t21-/m1/s1. The molecular weight excluding hydrogens is 326 g/mol. The minimum absolute atomic E-state index is 0.0438. The number of hydrogen-bond donors (Lipinski definition) is 1. The molecule has 0 aliphatic carbocycles. The first-order valence-corrected chi connectivity index (χ1v) is 9.20. The Morgan fingerprint density at radius 3 is 2.77 bits per heavy atom. The van der Waals surface area contributed by atoms with Crippen molar-refractivity contribution in [1.82, 2.24) is 10.3 Å². The van der Waals surface area contributed by atoms with Crippen molar-refractivity contribution >= 4 is 11.7 Å². The number of carbonyl (C=O) groups is 1. The Labute approximate surface area is 155 Å². The Balaban J connectivity index is 1.66. The van der Waals surface area contributed by atoms with Crippen LogP contribution in [0.1, 0.15) is 37.3 Å². The van der Waals surface area contributed by atoms with Gasteiger partial charge in [-0.15, -0.1) is 0 Å². The molecule has 0 radical (unpaired) electrons. The summed E-state index contributed by atoms with van der Waals surface area (Å²) in [7, 11) is 2.02. The second-order valence-corrected chi connectivity index (χ2v) is 7.05. The molecule has 0 unspecified atom stereocenters. The van der Waals surface area contributed by atoms with Gasteiger partial charge in [-0.25, -0.2) is 4.98 Å². The van der Waals surface area contributed by atoms with Crippen molar-refractivity contribution in [2.24, 2.45) is 0 Å². The Hall–Kier alpha value is -2.40. The smallest absolute Gasteiger partial charge is 0.252 e. The summed E-state index contributed by atoms with van der Waals surface area (Å²) in [5.41, 5.74) is 1.51. The van der Waals surface area contributed by atoms with Gasteiger partial charge in [0.2, 0.25) is 0 Å². The molecule has 1 fully saturated rings. The number of carbonyl (C=O) groups excluding carboxylic acids is 1. The summed E-state index contributed by atoms with van der Waals surface area (Å²) in [5.74, 6) is 0.837. The Morgan fingerprint density at radius 2 is 2.04 bits per heavy atom. The average molecular weight is 353 g/mol. The van der Waals surface area contributed by atoms with Gasteiger partial charge in [-0.2, -0.15) is 0 Å². The lowest BCUT2D eigenvalue weighted by Crippen LogP contribution is -2.48. The van der Waals surface area contributed by atoms with Crippen molar-refractivity contribution in [2.75, 3.05) is 18.6 Å². The van der Waals surface area contributed by atoms with E-state index in [1.807, 2.05) is 44.3 Å². The molecule has 5 nitrogen and oxygen atoms in total. The number of nitrogens with zero attached hydrogens (tertiary/aromatic N) is 2. The van der Waals surface area contributed by atoms with E-state index in [9.17, 15) is 4.79 Å². The maximum atomic E-state index is 12.6. The molecule has 26 heavy (non-hydrogen) atoms. The molecule has 1 atom stereocenters. The lowest BCUT2D eigenvalue weighted by atomic mass is 9.95. The highest BCUT2D eigenvalue weighted by Gasteiger charge is 2.35. The van der Waals surface area contributed by atoms with Crippen molar-refractivity contribution in [1.29, 1.82) is 0 Å². The predicted octanol–water partition coefficient (Wildman–Crippen LogP) is 3.29. The van der Waals surface area contributed by atoms with Crippen LogP contribution in [0, 0.1) is 0 Å². The number of benzene rings is 1. The first kappa shape index (κ1) is 18.4. The van der Waals surface area contributed by atoms with Gasteiger partial charge in [0.15, 0.2) is 0 Å². The highest BCUT2D eigenvalue weighted by Crippen LogP contribution is 2.25. The fourth-order valence-corrected chi connectivity index (χ4v) is 3.32. The molecule has 2 aromatic rings. The first-order chi connectivity index (χ1) is 12.6. The zero-order valence-corrected chi connectivity index (χ0v) is 15.6. The number of aromatic nitrogens is 1. The van der Waals surface area contributed by atoms with Crippen molar-refractivity contribution in [3.05, 3.63) is 59.8 Å². The van der Waals surface area contributed by atoms with E-state index in [0.717, 1.165) is 37.2 Å². The molecule has 3 rings (SSSR count). The van der Waals surface area contributed by atoms with Gasteiger partial charge in [0.25, 0.3) is 5.91 Å². The van der Waals surface area contributed by atoms with Gasteiger partial charge in [0.05, 0.1) is 0 Å². The van der Waals surface area contributed by atoms with E-state index in [1.54, 1.807) is 6.20 Å². The van der Waals surface area contributed by atoms with Crippen LogP contribution in [0.4, 0.5) is 5.82 Å². The van der Waals surface area contributed by atoms with Crippen molar-refractivity contribution in [3.63, 3.8) is 0 Å². The van der Waals surface area contributed by atoms with Crippen LogP contribution < -0.4 is 10.2 Å². The quantitative estimate of drug-likeness (QED) is 0.866. The number of anilines is 1. The molecule has 2 heterocycles. The van der Waals surface area contributed by atoms with E-state index in [1.165, 1.54) is 5.56 Å². The summed E-state index contributed by atoms with van der Waals surface area (Å²) in [5, 5.41) is 3.04. The summed E-state index contributed by atoms with van der Waals surface area (Å²) < 4.78 is 5.73. The summed E-state index contributed by atoms with van der Waals surface area (Å²) in [6, 6.07) is 14.2. The summed E-state index contributed by atoms with van der Waals surface area (Å²) in [4.78, 5) is 19.2. The maximum absolute atomic E-state index is 12.6. The maximum Gasteiger partial charge on any atom is 0.252 e. The molecule has 1 saturated heterocycles. The van der Waals surface area contributed by atoms with Crippen molar-refractivity contribution < 1.29 is 9.53 Å². The first-order valence-electron chi connectivity index (χ1n) is 9.20. The lowest BCUT2D eigenvalue weighted by molar-refractivity contribution is -0.150. The number of hydrogen-bond acceptors (Lipinski definition) is 4. The van der Waals surface area contributed by atoms with Crippen molar-refractivity contribution in [3.8, 4) is 0 Å². The zero-order chi connectivity index (χ0) is 18.4. The number of rotatable bonds is 6. The fourth-order valence-electron chi connectivity index (χ4n) is 3.32. The van der Waals surface area contributed by atoms with Gasteiger partial charge in [-0.05, 0) is 37.8 Å². The topological polar surface area (TPSA) is 54.5 Å². The summed E-state index contributed by atoms with van der Waals surface area (Å²) >= 11 is 0. The van der Waals surface area contributed by atoms with Gasteiger partial charge in [0.1, 0.15) is 11.4 Å². The van der Waals surface area contributed by atoms with Gasteiger partial charge in [-0.1, -0.05) is 36.4 Å². The molecule has 138 valence electrons. The van der Waals surface area contributed by atoms with Crippen LogP contribution in [0.25, 0.3) is 0 Å². The van der Waals surface area contributed by atoms with Gasteiger partial charge in [-0.3, -0.25) is 4.79 Å². The van der Waals surface area contributed by atoms with E-state index in [2.05, 4.69) is 27.3 Å². The molecule has 1 aliphatic rings. The number of nitrogens with one attached hydrogen (secondary N) is 1. The van der Waals surface area contributed by atoms with E-state index in [-0.39, 0.29) is 5.91 Å². The van der Waals surface area contributed by atoms with Gasteiger partial charge < -0.3 is 15.0 Å². The number of pyridine rings is 1. The molecule has 0 spiro atoms. The fraction of sp³-hybridized carbons (Fsp3) is 0.429. The largest absolute Gasteiger partial charge is 0.365 e. The highest BCUT2D eigenvalue weighted by molar-refractivity contribution is 5.84. The van der Waals surface area contributed by atoms with E-state index in [4.69, 9.17) is 4.74 Å². The van der Waals surface area contributed by atoms with Crippen LogP contribution in [0.2, 0.25) is 0 Å². The van der Waals surface area contributed by atoms with Gasteiger partial charge in [0, 0.05) is 38.5 Å². The minimum Gasteiger partial charge on any atom is -0.365 e. The Bertz CT molecular complexity index is 727. The normalized spacial score (nSPS) is 19.8. The molecule has 1 aromatic heterocycles. The summed E-state index contributed by atoms with van der Waals surface area (Å²) in [6.07, 6.45) is 4.61. The van der Waals surface area contributed by atoms with Gasteiger partial charge >= 0.3 is 0 Å². The molecule has 1 aliphatic heterocycles. The minimum atomic E-state index is -0.712. The average Bonchev–Trinajstić information content (AvgIpc) is 2.67. The van der Waals surface area contributed by atoms with Crippen LogP contribution in [-0.4, -0.2) is 30.1 Å². The molecular formula is C21H27N3O2. The third-order valence-electron chi connectivity index (χ3n) is 4.88. The molecule has 0 bridgehead atoms. The highest BCUT2D eigenvalue weighted by atomic mass is 16.5. The second kappa shape index (κ2) is 8.32. The molecule has 1 aromatic carbocycles. The van der Waals surface area contributed by atoms with E-state index < -0.39 is 5.60 Å². The molecule has 0 saturated carbocycles. The number of amides is 1. The monoisotopic (exact) mass is 353 g/mol. The molecule has 5 heteroatoms. The summed E-state index contributed by atoms with van der Waals surface area (Å²) in [6.45, 7) is 3.74. The second-order valence-electron chi connectivity index (χ2n) is 7.05. The van der Waals surface area contributed by atoms with E-state index >= 15 is 0 Å². The van der Waals surface area contributed by atoms with E-state index in [0.29, 0.717) is 13.2 Å². The number of ether oxygens (including phenoxy) is 1. The lowest BCUT2D eigenvalue weighted by Gasteiger charge is -2.32.